The first-order valence-corrected chi connectivity index (χ1v) is 9.71. The van der Waals surface area contributed by atoms with E-state index in [1.807, 2.05) is 37.3 Å². The molecule has 3 aromatic rings. The fourth-order valence-corrected chi connectivity index (χ4v) is 3.93. The third kappa shape index (κ3) is 3.74. The summed E-state index contributed by atoms with van der Waals surface area (Å²) in [5.74, 6) is 1.83. The molecule has 1 aromatic heterocycles. The van der Waals surface area contributed by atoms with E-state index in [1.165, 1.54) is 18.4 Å². The van der Waals surface area contributed by atoms with Gasteiger partial charge in [0.25, 0.3) is 0 Å². The molecular formula is C22H24ClNO2. The number of piperidine rings is 1. The van der Waals surface area contributed by atoms with Crippen LogP contribution in [0.15, 0.2) is 52.9 Å². The number of halogens is 1. The summed E-state index contributed by atoms with van der Waals surface area (Å²) in [5, 5.41) is 1.13. The lowest BCUT2D eigenvalue weighted by atomic mass is 10.1. The van der Waals surface area contributed by atoms with E-state index >= 15 is 0 Å². The number of likely N-dealkylation sites (tertiary alicyclic amines) is 1. The van der Waals surface area contributed by atoms with Crippen molar-refractivity contribution >= 4 is 22.6 Å². The second-order valence-electron chi connectivity index (χ2n) is 6.97. The summed E-state index contributed by atoms with van der Waals surface area (Å²) in [6.45, 7) is 4.47. The molecule has 0 bridgehead atoms. The smallest absolute Gasteiger partial charge is 0.134 e. The summed E-state index contributed by atoms with van der Waals surface area (Å²) < 4.78 is 12.0. The Morgan fingerprint density at radius 1 is 1.15 bits per heavy atom. The lowest BCUT2D eigenvalue weighted by Gasteiger charge is -2.31. The van der Waals surface area contributed by atoms with Crippen molar-refractivity contribution in [1.29, 1.82) is 0 Å². The van der Waals surface area contributed by atoms with Crippen LogP contribution in [0.4, 0.5) is 0 Å². The van der Waals surface area contributed by atoms with Crippen molar-refractivity contribution in [3.8, 4) is 5.75 Å². The van der Waals surface area contributed by atoms with Gasteiger partial charge in [-0.15, -0.1) is 11.6 Å². The van der Waals surface area contributed by atoms with Gasteiger partial charge in [0, 0.05) is 17.5 Å². The third-order valence-electron chi connectivity index (χ3n) is 5.11. The van der Waals surface area contributed by atoms with Crippen molar-refractivity contribution in [2.75, 3.05) is 6.54 Å². The Labute approximate surface area is 159 Å². The molecule has 0 aliphatic carbocycles. The Kier molecular flexibility index (Phi) is 5.18. The molecule has 1 saturated heterocycles. The number of rotatable bonds is 5. The Balaban J connectivity index is 1.56. The lowest BCUT2D eigenvalue weighted by molar-refractivity contribution is 0.193. The van der Waals surface area contributed by atoms with Crippen LogP contribution in [0.2, 0.25) is 0 Å². The second-order valence-corrected chi connectivity index (χ2v) is 7.47. The molecule has 136 valence electrons. The average Bonchev–Trinajstić information content (AvgIpc) is 2.97. The minimum absolute atomic E-state index is 0.116. The predicted molar refractivity (Wildman–Crippen MR) is 106 cm³/mol. The van der Waals surface area contributed by atoms with E-state index in [1.54, 1.807) is 0 Å². The molecule has 0 amide bonds. The quantitative estimate of drug-likeness (QED) is 0.415. The summed E-state index contributed by atoms with van der Waals surface area (Å²) in [6, 6.07) is 16.3. The summed E-state index contributed by atoms with van der Waals surface area (Å²) in [6.07, 6.45) is 3.48. The number of alkyl halides is 1. The molecular weight excluding hydrogens is 346 g/mol. The van der Waals surface area contributed by atoms with Crippen LogP contribution in [0, 0.1) is 6.92 Å². The Hall–Kier alpha value is -1.97. The first kappa shape index (κ1) is 17.4. The van der Waals surface area contributed by atoms with Gasteiger partial charge in [0.2, 0.25) is 0 Å². The van der Waals surface area contributed by atoms with Crippen LogP contribution in [-0.4, -0.2) is 16.9 Å². The molecule has 1 fully saturated rings. The van der Waals surface area contributed by atoms with E-state index < -0.39 is 0 Å². The maximum absolute atomic E-state index is 6.52. The standard InChI is InChI=1S/C22H24ClNO2/c1-16-20(14-24-12-6-5-9-22(24)23)19-13-18(10-11-21(19)26-16)25-15-17-7-3-2-4-8-17/h2-4,7-8,10-11,13,22H,5-6,9,12,14-15H2,1H3. The third-order valence-corrected chi connectivity index (χ3v) is 5.60. The van der Waals surface area contributed by atoms with Gasteiger partial charge in [-0.3, -0.25) is 4.90 Å². The number of furan rings is 1. The van der Waals surface area contributed by atoms with Gasteiger partial charge in [-0.1, -0.05) is 30.3 Å². The molecule has 0 N–H and O–H groups in total. The van der Waals surface area contributed by atoms with Crippen LogP contribution in [0.3, 0.4) is 0 Å². The minimum Gasteiger partial charge on any atom is -0.489 e. The van der Waals surface area contributed by atoms with Crippen molar-refractivity contribution in [2.24, 2.45) is 0 Å². The number of hydrogen-bond acceptors (Lipinski definition) is 3. The predicted octanol–water partition coefficient (Wildman–Crippen LogP) is 5.87. The van der Waals surface area contributed by atoms with Crippen LogP contribution in [0.5, 0.6) is 5.75 Å². The summed E-state index contributed by atoms with van der Waals surface area (Å²) >= 11 is 6.52. The zero-order chi connectivity index (χ0) is 17.9. The Morgan fingerprint density at radius 2 is 2.00 bits per heavy atom. The average molecular weight is 370 g/mol. The number of fused-ring (bicyclic) bond motifs is 1. The Bertz CT molecular complexity index is 874. The highest BCUT2D eigenvalue weighted by molar-refractivity contribution is 6.20. The summed E-state index contributed by atoms with van der Waals surface area (Å²) in [4.78, 5) is 2.35. The van der Waals surface area contributed by atoms with Crippen LogP contribution >= 0.6 is 11.6 Å². The fourth-order valence-electron chi connectivity index (χ4n) is 3.61. The Morgan fingerprint density at radius 3 is 2.81 bits per heavy atom. The lowest BCUT2D eigenvalue weighted by Crippen LogP contribution is -2.35. The number of nitrogens with zero attached hydrogens (tertiary/aromatic N) is 1. The van der Waals surface area contributed by atoms with Gasteiger partial charge in [-0.2, -0.15) is 0 Å². The van der Waals surface area contributed by atoms with Crippen molar-refractivity contribution in [3.05, 3.63) is 65.4 Å². The van der Waals surface area contributed by atoms with Gasteiger partial charge in [0.1, 0.15) is 23.7 Å². The molecule has 1 unspecified atom stereocenters. The normalized spacial score (nSPS) is 18.3. The number of aryl methyl sites for hydroxylation is 1. The number of hydrogen-bond donors (Lipinski definition) is 0. The van der Waals surface area contributed by atoms with Crippen molar-refractivity contribution in [1.82, 2.24) is 4.90 Å². The largest absolute Gasteiger partial charge is 0.489 e. The molecule has 0 saturated carbocycles. The molecule has 4 heteroatoms. The highest BCUT2D eigenvalue weighted by Crippen LogP contribution is 2.32. The first-order chi connectivity index (χ1) is 12.7. The fraction of sp³-hybridized carbons (Fsp3) is 0.364. The van der Waals surface area contributed by atoms with Gasteiger partial charge in [0.05, 0.1) is 5.50 Å². The molecule has 3 nitrogen and oxygen atoms in total. The van der Waals surface area contributed by atoms with Gasteiger partial charge < -0.3 is 9.15 Å². The van der Waals surface area contributed by atoms with E-state index in [-0.39, 0.29) is 5.50 Å². The zero-order valence-corrected chi connectivity index (χ0v) is 15.8. The number of ether oxygens (including phenoxy) is 1. The maximum Gasteiger partial charge on any atom is 0.134 e. The maximum atomic E-state index is 6.52. The zero-order valence-electron chi connectivity index (χ0n) is 15.1. The second kappa shape index (κ2) is 7.73. The van der Waals surface area contributed by atoms with Crippen LogP contribution in [0.25, 0.3) is 11.0 Å². The van der Waals surface area contributed by atoms with E-state index in [9.17, 15) is 0 Å². The van der Waals surface area contributed by atoms with E-state index in [0.717, 1.165) is 47.6 Å². The summed E-state index contributed by atoms with van der Waals surface area (Å²) in [7, 11) is 0. The molecule has 0 radical (unpaired) electrons. The van der Waals surface area contributed by atoms with Gasteiger partial charge >= 0.3 is 0 Å². The van der Waals surface area contributed by atoms with Gasteiger partial charge in [-0.05, 0) is 56.5 Å². The highest BCUT2D eigenvalue weighted by Gasteiger charge is 2.23. The van der Waals surface area contributed by atoms with E-state index in [0.29, 0.717) is 6.61 Å². The minimum atomic E-state index is 0.116. The molecule has 4 rings (SSSR count). The van der Waals surface area contributed by atoms with Crippen molar-refractivity contribution in [3.63, 3.8) is 0 Å². The van der Waals surface area contributed by atoms with Crippen LogP contribution in [0.1, 0.15) is 36.1 Å². The van der Waals surface area contributed by atoms with E-state index in [4.69, 9.17) is 20.8 Å². The topological polar surface area (TPSA) is 25.6 Å². The highest BCUT2D eigenvalue weighted by atomic mass is 35.5. The molecule has 26 heavy (non-hydrogen) atoms. The van der Waals surface area contributed by atoms with Gasteiger partial charge in [-0.25, -0.2) is 0 Å². The monoisotopic (exact) mass is 369 g/mol. The SMILES string of the molecule is Cc1oc2ccc(OCc3ccccc3)cc2c1CN1CCCCC1Cl. The van der Waals surface area contributed by atoms with Crippen LogP contribution in [-0.2, 0) is 13.2 Å². The molecule has 1 aliphatic rings. The molecule has 2 aromatic carbocycles. The van der Waals surface area contributed by atoms with Crippen LogP contribution < -0.4 is 4.74 Å². The molecule has 0 spiro atoms. The first-order valence-electron chi connectivity index (χ1n) is 9.27. The summed E-state index contributed by atoms with van der Waals surface area (Å²) in [5.41, 5.74) is 3.41. The van der Waals surface area contributed by atoms with Gasteiger partial charge in [0.15, 0.2) is 0 Å². The van der Waals surface area contributed by atoms with Crippen molar-refractivity contribution < 1.29 is 9.15 Å². The van der Waals surface area contributed by atoms with Crippen molar-refractivity contribution in [2.45, 2.75) is 44.8 Å². The molecule has 2 heterocycles. The molecule has 1 atom stereocenters. The van der Waals surface area contributed by atoms with E-state index in [2.05, 4.69) is 23.1 Å². The molecule has 1 aliphatic heterocycles. The number of benzene rings is 2.